The molecule has 1 aromatic heterocycles. The van der Waals surface area contributed by atoms with E-state index in [9.17, 15) is 8.42 Å². The van der Waals surface area contributed by atoms with Gasteiger partial charge in [0.2, 0.25) is 10.0 Å². The van der Waals surface area contributed by atoms with Crippen molar-refractivity contribution in [1.82, 2.24) is 19.4 Å². The van der Waals surface area contributed by atoms with E-state index in [-0.39, 0.29) is 11.4 Å². The van der Waals surface area contributed by atoms with Gasteiger partial charge in [-0.1, -0.05) is 13.0 Å². The van der Waals surface area contributed by atoms with Gasteiger partial charge < -0.3 is 5.32 Å². The molecule has 0 aromatic carbocycles. The summed E-state index contributed by atoms with van der Waals surface area (Å²) >= 11 is 0. The predicted molar refractivity (Wildman–Crippen MR) is 80.0 cm³/mol. The summed E-state index contributed by atoms with van der Waals surface area (Å²) in [6.45, 7) is 8.57. The molecule has 0 fully saturated rings. The number of sulfonamides is 1. The first kappa shape index (κ1) is 16.9. The van der Waals surface area contributed by atoms with Crippen LogP contribution in [0, 0.1) is 0 Å². The number of rotatable bonds is 10. The zero-order valence-corrected chi connectivity index (χ0v) is 13.1. The highest BCUT2D eigenvalue weighted by Crippen LogP contribution is 2.13. The van der Waals surface area contributed by atoms with Crippen LogP contribution in [0.15, 0.2) is 29.9 Å². The zero-order chi connectivity index (χ0) is 15.0. The summed E-state index contributed by atoms with van der Waals surface area (Å²) < 4.78 is 27.2. The Labute approximate surface area is 121 Å². The van der Waals surface area contributed by atoms with Gasteiger partial charge in [-0.15, -0.1) is 6.58 Å². The lowest BCUT2D eigenvalue weighted by atomic mass is 10.4. The van der Waals surface area contributed by atoms with Crippen molar-refractivity contribution in [2.75, 3.05) is 26.7 Å². The number of aryl methyl sites for hydroxylation is 1. The molecule has 0 saturated carbocycles. The van der Waals surface area contributed by atoms with Gasteiger partial charge in [0.15, 0.2) is 0 Å². The van der Waals surface area contributed by atoms with Crippen molar-refractivity contribution in [3.8, 4) is 0 Å². The highest BCUT2D eigenvalue weighted by Gasteiger charge is 2.21. The van der Waals surface area contributed by atoms with E-state index in [2.05, 4.69) is 23.9 Å². The second kappa shape index (κ2) is 8.18. The first-order valence-electron chi connectivity index (χ1n) is 6.82. The average molecular weight is 300 g/mol. The molecule has 1 N–H and O–H groups in total. The number of hydrogen-bond donors (Lipinski definition) is 1. The zero-order valence-electron chi connectivity index (χ0n) is 12.2. The molecule has 1 heterocycles. The molecule has 0 aliphatic rings. The van der Waals surface area contributed by atoms with Crippen LogP contribution in [0.4, 0.5) is 0 Å². The molecule has 0 aliphatic carbocycles. The van der Waals surface area contributed by atoms with Crippen LogP contribution in [0.25, 0.3) is 0 Å². The molecule has 6 nitrogen and oxygen atoms in total. The molecule has 0 atom stereocenters. The Bertz CT molecular complexity index is 510. The molecule has 0 aliphatic heterocycles. The molecule has 0 bridgehead atoms. The van der Waals surface area contributed by atoms with Gasteiger partial charge in [-0.3, -0.25) is 4.68 Å². The van der Waals surface area contributed by atoms with Gasteiger partial charge in [-0.25, -0.2) is 8.42 Å². The Kier molecular flexibility index (Phi) is 6.90. The maximum atomic E-state index is 12.2. The summed E-state index contributed by atoms with van der Waals surface area (Å²) in [5.41, 5.74) is 0. The Hall–Kier alpha value is -1.18. The van der Waals surface area contributed by atoms with Crippen molar-refractivity contribution < 1.29 is 8.42 Å². The average Bonchev–Trinajstić information content (AvgIpc) is 2.88. The van der Waals surface area contributed by atoms with Crippen molar-refractivity contribution in [3.63, 3.8) is 0 Å². The molecule has 0 saturated heterocycles. The Balaban J connectivity index is 2.56. The Morgan fingerprint density at radius 1 is 1.50 bits per heavy atom. The number of aromatic nitrogens is 2. The minimum Gasteiger partial charge on any atom is -0.317 e. The van der Waals surface area contributed by atoms with Crippen molar-refractivity contribution in [3.05, 3.63) is 25.0 Å². The summed E-state index contributed by atoms with van der Waals surface area (Å²) in [7, 11) is -1.93. The lowest BCUT2D eigenvalue weighted by molar-refractivity contribution is 0.498. The third-order valence-corrected chi connectivity index (χ3v) is 4.65. The van der Waals surface area contributed by atoms with Crippen molar-refractivity contribution in [1.29, 1.82) is 0 Å². The molecule has 0 unspecified atom stereocenters. The largest absolute Gasteiger partial charge is 0.317 e. The lowest BCUT2D eigenvalue weighted by Crippen LogP contribution is -2.26. The lowest BCUT2D eigenvalue weighted by Gasteiger charge is -2.13. The molecule has 0 radical (unpaired) electrons. The molecular formula is C13H24N4O2S. The van der Waals surface area contributed by atoms with Crippen molar-refractivity contribution in [2.24, 2.45) is 0 Å². The SMILES string of the molecule is C=CCN(C)S(=O)(=O)c1cnn(CCCNCCC)c1. The number of nitrogens with zero attached hydrogens (tertiary/aromatic N) is 3. The maximum Gasteiger partial charge on any atom is 0.246 e. The Morgan fingerprint density at radius 2 is 2.25 bits per heavy atom. The maximum absolute atomic E-state index is 12.2. The predicted octanol–water partition coefficient (Wildman–Crippen LogP) is 1.08. The molecule has 0 spiro atoms. The van der Waals surface area contributed by atoms with Crippen LogP contribution in [0.2, 0.25) is 0 Å². The van der Waals surface area contributed by atoms with E-state index < -0.39 is 10.0 Å². The summed E-state index contributed by atoms with van der Waals surface area (Å²) in [5, 5.41) is 7.40. The first-order chi connectivity index (χ1) is 9.52. The van der Waals surface area contributed by atoms with E-state index in [1.165, 1.54) is 17.5 Å². The van der Waals surface area contributed by atoms with E-state index in [1.54, 1.807) is 17.0 Å². The number of likely N-dealkylation sites (N-methyl/N-ethyl adjacent to an activating group) is 1. The second-order valence-electron chi connectivity index (χ2n) is 4.62. The monoisotopic (exact) mass is 300 g/mol. The van der Waals surface area contributed by atoms with E-state index in [4.69, 9.17) is 0 Å². The van der Waals surface area contributed by atoms with Crippen LogP contribution >= 0.6 is 0 Å². The van der Waals surface area contributed by atoms with Crippen LogP contribution in [0.3, 0.4) is 0 Å². The minimum absolute atomic E-state index is 0.225. The van der Waals surface area contributed by atoms with Gasteiger partial charge >= 0.3 is 0 Å². The van der Waals surface area contributed by atoms with Crippen LogP contribution in [0.1, 0.15) is 19.8 Å². The molecular weight excluding hydrogens is 276 g/mol. The number of hydrogen-bond acceptors (Lipinski definition) is 4. The molecule has 20 heavy (non-hydrogen) atoms. The summed E-state index contributed by atoms with van der Waals surface area (Å²) in [4.78, 5) is 0.225. The van der Waals surface area contributed by atoms with Crippen LogP contribution in [0.5, 0.6) is 0 Å². The fourth-order valence-corrected chi connectivity index (χ4v) is 2.82. The molecule has 1 aromatic rings. The third kappa shape index (κ3) is 4.73. The van der Waals surface area contributed by atoms with Gasteiger partial charge in [0, 0.05) is 26.3 Å². The fourth-order valence-electron chi connectivity index (χ4n) is 1.73. The van der Waals surface area contributed by atoms with Gasteiger partial charge in [0.05, 0.1) is 6.20 Å². The van der Waals surface area contributed by atoms with Crippen molar-refractivity contribution in [2.45, 2.75) is 31.2 Å². The van der Waals surface area contributed by atoms with Crippen LogP contribution in [-0.4, -0.2) is 49.2 Å². The summed E-state index contributed by atoms with van der Waals surface area (Å²) in [6.07, 6.45) is 6.56. The normalized spacial score (nSPS) is 11.9. The topological polar surface area (TPSA) is 67.2 Å². The third-order valence-electron chi connectivity index (χ3n) is 2.87. The minimum atomic E-state index is -3.46. The smallest absolute Gasteiger partial charge is 0.246 e. The van der Waals surface area contributed by atoms with Gasteiger partial charge in [0.1, 0.15) is 4.90 Å². The highest BCUT2D eigenvalue weighted by atomic mass is 32.2. The fraction of sp³-hybridized carbons (Fsp3) is 0.615. The molecule has 114 valence electrons. The summed E-state index contributed by atoms with van der Waals surface area (Å²) in [6, 6.07) is 0. The Morgan fingerprint density at radius 3 is 2.90 bits per heavy atom. The standard InChI is InChI=1S/C13H24N4O2S/c1-4-7-14-8-6-10-17-12-13(11-15-17)20(18,19)16(3)9-5-2/h5,11-12,14H,2,4,6-10H2,1,3H3. The van der Waals surface area contributed by atoms with Crippen LogP contribution in [-0.2, 0) is 16.6 Å². The molecule has 7 heteroatoms. The highest BCUT2D eigenvalue weighted by molar-refractivity contribution is 7.89. The molecule has 1 rings (SSSR count). The number of nitrogens with one attached hydrogen (secondary N) is 1. The second-order valence-corrected chi connectivity index (χ2v) is 6.66. The first-order valence-corrected chi connectivity index (χ1v) is 8.26. The quantitative estimate of drug-likeness (QED) is 0.519. The van der Waals surface area contributed by atoms with E-state index in [1.807, 2.05) is 0 Å². The van der Waals surface area contributed by atoms with Crippen LogP contribution < -0.4 is 5.32 Å². The van der Waals surface area contributed by atoms with Gasteiger partial charge in [0.25, 0.3) is 0 Å². The summed E-state index contributed by atoms with van der Waals surface area (Å²) in [5.74, 6) is 0. The van der Waals surface area contributed by atoms with E-state index in [0.717, 1.165) is 25.9 Å². The van der Waals surface area contributed by atoms with E-state index in [0.29, 0.717) is 6.54 Å². The van der Waals surface area contributed by atoms with Gasteiger partial charge in [-0.05, 0) is 25.9 Å². The molecule has 0 amide bonds. The van der Waals surface area contributed by atoms with E-state index >= 15 is 0 Å². The van der Waals surface area contributed by atoms with Crippen molar-refractivity contribution >= 4 is 10.0 Å². The van der Waals surface area contributed by atoms with Gasteiger partial charge in [-0.2, -0.15) is 9.40 Å².